The predicted molar refractivity (Wildman–Crippen MR) is 109 cm³/mol. The summed E-state index contributed by atoms with van der Waals surface area (Å²) in [5.74, 6) is -1.65. The van der Waals surface area contributed by atoms with E-state index in [-0.39, 0.29) is 16.6 Å². The van der Waals surface area contributed by atoms with Gasteiger partial charge in [0.25, 0.3) is 5.91 Å². The lowest BCUT2D eigenvalue weighted by Gasteiger charge is -2.10. The number of ether oxygens (including phenoxy) is 1. The second kappa shape index (κ2) is 9.36. The molecule has 3 aromatic rings. The molecule has 0 saturated carbocycles. The first-order valence-electron chi connectivity index (χ1n) is 8.52. The topological polar surface area (TPSA) is 68.3 Å². The van der Waals surface area contributed by atoms with Crippen molar-refractivity contribution in [1.29, 1.82) is 0 Å². The number of anilines is 1. The van der Waals surface area contributed by atoms with Crippen molar-refractivity contribution >= 4 is 51.8 Å². The molecule has 1 amide bonds. The summed E-state index contributed by atoms with van der Waals surface area (Å²) in [5.41, 5.74) is -1.04. The van der Waals surface area contributed by atoms with Gasteiger partial charge in [-0.15, -0.1) is 11.8 Å². The summed E-state index contributed by atoms with van der Waals surface area (Å²) in [4.78, 5) is 28.1. The molecule has 0 aliphatic carbocycles. The number of amides is 1. The van der Waals surface area contributed by atoms with Crippen LogP contribution >= 0.6 is 23.4 Å². The van der Waals surface area contributed by atoms with Crippen LogP contribution in [0.5, 0.6) is 0 Å². The third-order valence-corrected chi connectivity index (χ3v) is 5.12. The average molecular weight is 455 g/mol. The normalized spacial score (nSPS) is 11.3. The fourth-order valence-corrected chi connectivity index (χ4v) is 3.40. The molecule has 156 valence electrons. The smallest absolute Gasteiger partial charge is 0.417 e. The number of alkyl halides is 3. The van der Waals surface area contributed by atoms with Gasteiger partial charge in [0.2, 0.25) is 0 Å². The molecule has 3 rings (SSSR count). The van der Waals surface area contributed by atoms with Crippen molar-refractivity contribution in [2.75, 3.05) is 17.7 Å². The molecule has 1 heterocycles. The molecular weight excluding hydrogens is 441 g/mol. The number of esters is 1. The number of benzene rings is 2. The second-order valence-electron chi connectivity index (χ2n) is 6.06. The number of nitrogens with one attached hydrogen (secondary N) is 1. The third-order valence-electron chi connectivity index (χ3n) is 3.87. The maximum atomic E-state index is 12.6. The average Bonchev–Trinajstić information content (AvgIpc) is 2.71. The van der Waals surface area contributed by atoms with Gasteiger partial charge in [-0.25, -0.2) is 4.98 Å². The SMILES string of the molecule is O=C(COC(=O)CSc1ccc2ccccc2c1)Nc1ncc(C(F)(F)F)cc1Cl. The molecule has 0 atom stereocenters. The lowest BCUT2D eigenvalue weighted by atomic mass is 10.1. The molecule has 0 aliphatic heterocycles. The molecule has 0 bridgehead atoms. The highest BCUT2D eigenvalue weighted by atomic mass is 35.5. The van der Waals surface area contributed by atoms with Crippen LogP contribution in [0.3, 0.4) is 0 Å². The molecule has 2 aromatic carbocycles. The van der Waals surface area contributed by atoms with Crippen LogP contribution < -0.4 is 5.32 Å². The van der Waals surface area contributed by atoms with E-state index in [1.165, 1.54) is 11.8 Å². The lowest BCUT2D eigenvalue weighted by Crippen LogP contribution is -2.22. The van der Waals surface area contributed by atoms with Gasteiger partial charge in [0.1, 0.15) is 0 Å². The van der Waals surface area contributed by atoms with E-state index < -0.39 is 30.2 Å². The highest BCUT2D eigenvalue weighted by molar-refractivity contribution is 8.00. The first-order chi connectivity index (χ1) is 14.2. The Morgan fingerprint density at radius 3 is 2.53 bits per heavy atom. The van der Waals surface area contributed by atoms with Crippen LogP contribution in [0.25, 0.3) is 10.8 Å². The number of nitrogens with zero attached hydrogens (tertiary/aromatic N) is 1. The fraction of sp³-hybridized carbons (Fsp3) is 0.150. The van der Waals surface area contributed by atoms with Crippen molar-refractivity contribution in [3.05, 3.63) is 65.3 Å². The zero-order chi connectivity index (χ0) is 21.7. The second-order valence-corrected chi connectivity index (χ2v) is 7.51. The van der Waals surface area contributed by atoms with Crippen molar-refractivity contribution in [1.82, 2.24) is 4.98 Å². The molecule has 0 spiro atoms. The molecule has 0 aliphatic rings. The van der Waals surface area contributed by atoms with Crippen molar-refractivity contribution in [3.8, 4) is 0 Å². The summed E-state index contributed by atoms with van der Waals surface area (Å²) in [7, 11) is 0. The number of aromatic nitrogens is 1. The number of halogens is 4. The summed E-state index contributed by atoms with van der Waals surface area (Å²) in [6.45, 7) is -0.615. The molecule has 0 radical (unpaired) electrons. The van der Waals surface area contributed by atoms with Gasteiger partial charge in [-0.2, -0.15) is 13.2 Å². The maximum Gasteiger partial charge on any atom is 0.417 e. The van der Waals surface area contributed by atoms with Crippen LogP contribution in [-0.4, -0.2) is 29.2 Å². The van der Waals surface area contributed by atoms with Gasteiger partial charge >= 0.3 is 12.1 Å². The van der Waals surface area contributed by atoms with Gasteiger partial charge in [-0.3, -0.25) is 9.59 Å². The Labute approximate surface area is 178 Å². The van der Waals surface area contributed by atoms with Crippen molar-refractivity contribution in [3.63, 3.8) is 0 Å². The molecule has 1 aromatic heterocycles. The van der Waals surface area contributed by atoms with Crippen molar-refractivity contribution < 1.29 is 27.5 Å². The highest BCUT2D eigenvalue weighted by Gasteiger charge is 2.31. The number of fused-ring (bicyclic) bond motifs is 1. The van der Waals surface area contributed by atoms with Gasteiger partial charge in [0.15, 0.2) is 12.4 Å². The Balaban J connectivity index is 1.47. The van der Waals surface area contributed by atoms with E-state index in [0.29, 0.717) is 12.3 Å². The van der Waals surface area contributed by atoms with E-state index >= 15 is 0 Å². The summed E-state index contributed by atoms with van der Waals surface area (Å²) < 4.78 is 42.7. The molecule has 5 nitrogen and oxygen atoms in total. The zero-order valence-corrected chi connectivity index (χ0v) is 16.8. The van der Waals surface area contributed by atoms with Crippen LogP contribution in [0.2, 0.25) is 5.02 Å². The Morgan fingerprint density at radius 1 is 1.10 bits per heavy atom. The van der Waals surface area contributed by atoms with E-state index in [0.717, 1.165) is 15.7 Å². The number of pyridine rings is 1. The summed E-state index contributed by atoms with van der Waals surface area (Å²) in [6, 6.07) is 14.2. The van der Waals surface area contributed by atoms with Crippen LogP contribution in [0.4, 0.5) is 19.0 Å². The number of thioether (sulfide) groups is 1. The first-order valence-corrected chi connectivity index (χ1v) is 9.88. The monoisotopic (exact) mass is 454 g/mol. The van der Waals surface area contributed by atoms with Gasteiger partial charge < -0.3 is 10.1 Å². The minimum atomic E-state index is -4.60. The molecular formula is C20H14ClF3N2O3S. The van der Waals surface area contributed by atoms with Crippen LogP contribution in [0.1, 0.15) is 5.56 Å². The Kier molecular flexibility index (Phi) is 6.84. The van der Waals surface area contributed by atoms with Crippen LogP contribution in [-0.2, 0) is 20.5 Å². The fourth-order valence-electron chi connectivity index (χ4n) is 2.44. The standard InChI is InChI=1S/C20H14ClF3N2O3S/c21-16-8-14(20(22,23)24)9-25-19(16)26-17(27)10-29-18(28)11-30-15-6-5-12-3-1-2-4-13(12)7-15/h1-9H,10-11H2,(H,25,26,27). The number of carbonyl (C=O) groups is 2. The number of hydrogen-bond acceptors (Lipinski definition) is 5. The summed E-state index contributed by atoms with van der Waals surface area (Å²) >= 11 is 6.97. The molecule has 0 fully saturated rings. The molecule has 0 unspecified atom stereocenters. The Hall–Kier alpha value is -2.78. The first kappa shape index (κ1) is 21.9. The van der Waals surface area contributed by atoms with E-state index in [9.17, 15) is 22.8 Å². The van der Waals surface area contributed by atoms with E-state index in [1.54, 1.807) is 0 Å². The van der Waals surface area contributed by atoms with Crippen molar-refractivity contribution in [2.24, 2.45) is 0 Å². The third kappa shape index (κ3) is 5.87. The maximum absolute atomic E-state index is 12.6. The van der Waals surface area contributed by atoms with Crippen LogP contribution in [0.15, 0.2) is 59.6 Å². The Bertz CT molecular complexity index is 1090. The van der Waals surface area contributed by atoms with E-state index in [1.807, 2.05) is 42.5 Å². The molecule has 30 heavy (non-hydrogen) atoms. The summed E-state index contributed by atoms with van der Waals surface area (Å²) in [5, 5.41) is 3.94. The molecule has 10 heteroatoms. The quantitative estimate of drug-likeness (QED) is 0.410. The number of rotatable bonds is 6. The number of carbonyl (C=O) groups excluding carboxylic acids is 2. The largest absolute Gasteiger partial charge is 0.455 e. The summed E-state index contributed by atoms with van der Waals surface area (Å²) in [6.07, 6.45) is -4.05. The highest BCUT2D eigenvalue weighted by Crippen LogP contribution is 2.32. The minimum Gasteiger partial charge on any atom is -0.455 e. The van der Waals surface area contributed by atoms with Gasteiger partial charge in [-0.1, -0.05) is 41.9 Å². The Morgan fingerprint density at radius 2 is 1.83 bits per heavy atom. The lowest BCUT2D eigenvalue weighted by molar-refractivity contribution is -0.144. The van der Waals surface area contributed by atoms with E-state index in [2.05, 4.69) is 10.3 Å². The van der Waals surface area contributed by atoms with Crippen molar-refractivity contribution in [2.45, 2.75) is 11.1 Å². The minimum absolute atomic E-state index is 0.00902. The van der Waals surface area contributed by atoms with Gasteiger partial charge in [0, 0.05) is 11.1 Å². The van der Waals surface area contributed by atoms with Crippen LogP contribution in [0, 0.1) is 0 Å². The molecule has 0 saturated heterocycles. The van der Waals surface area contributed by atoms with E-state index in [4.69, 9.17) is 16.3 Å². The van der Waals surface area contributed by atoms with Gasteiger partial charge in [0.05, 0.1) is 16.3 Å². The predicted octanol–water partition coefficient (Wildman–Crippen LogP) is 5.18. The number of hydrogen-bond donors (Lipinski definition) is 1. The molecule has 1 N–H and O–H groups in total. The zero-order valence-electron chi connectivity index (χ0n) is 15.2. The van der Waals surface area contributed by atoms with Gasteiger partial charge in [-0.05, 0) is 29.0 Å².